The summed E-state index contributed by atoms with van der Waals surface area (Å²) in [6.07, 6.45) is 1.54. The molecule has 0 saturated carbocycles. The summed E-state index contributed by atoms with van der Waals surface area (Å²) in [5.41, 5.74) is 3.55. The molecule has 4 heteroatoms. The van der Waals surface area contributed by atoms with Gasteiger partial charge in [0.05, 0.1) is 6.61 Å². The van der Waals surface area contributed by atoms with Gasteiger partial charge in [0.1, 0.15) is 5.82 Å². The number of hydrogen-bond acceptors (Lipinski definition) is 3. The van der Waals surface area contributed by atoms with Crippen molar-refractivity contribution in [1.82, 2.24) is 4.98 Å². The van der Waals surface area contributed by atoms with Gasteiger partial charge in [0.15, 0.2) is 0 Å². The van der Waals surface area contributed by atoms with E-state index in [-0.39, 0.29) is 12.5 Å². The van der Waals surface area contributed by atoms with Gasteiger partial charge in [-0.3, -0.25) is 4.79 Å². The van der Waals surface area contributed by atoms with Gasteiger partial charge in [-0.1, -0.05) is 12.1 Å². The number of pyridine rings is 1. The van der Waals surface area contributed by atoms with Crippen LogP contribution in [-0.4, -0.2) is 16.0 Å². The zero-order valence-corrected chi connectivity index (χ0v) is 11.0. The number of aliphatic hydroxyl groups is 1. The zero-order valence-electron chi connectivity index (χ0n) is 11.0. The van der Waals surface area contributed by atoms with Gasteiger partial charge in [0, 0.05) is 11.8 Å². The van der Waals surface area contributed by atoms with Crippen LogP contribution in [0.4, 0.5) is 5.82 Å². The van der Waals surface area contributed by atoms with Gasteiger partial charge in [0.25, 0.3) is 5.91 Å². The molecule has 1 aromatic carbocycles. The second kappa shape index (κ2) is 5.63. The van der Waals surface area contributed by atoms with Gasteiger partial charge < -0.3 is 10.4 Å². The van der Waals surface area contributed by atoms with Gasteiger partial charge >= 0.3 is 0 Å². The molecule has 0 saturated heterocycles. The molecule has 0 spiro atoms. The van der Waals surface area contributed by atoms with E-state index in [0.717, 1.165) is 11.1 Å². The Hall–Kier alpha value is -2.20. The first-order valence-electron chi connectivity index (χ1n) is 6.04. The summed E-state index contributed by atoms with van der Waals surface area (Å²) < 4.78 is 0. The largest absolute Gasteiger partial charge is 0.392 e. The Morgan fingerprint density at radius 3 is 2.58 bits per heavy atom. The fourth-order valence-corrected chi connectivity index (χ4v) is 1.66. The Balaban J connectivity index is 2.13. The van der Waals surface area contributed by atoms with Crippen LogP contribution in [-0.2, 0) is 6.61 Å². The number of aliphatic hydroxyl groups excluding tert-OH is 1. The van der Waals surface area contributed by atoms with Gasteiger partial charge in [-0.25, -0.2) is 4.98 Å². The van der Waals surface area contributed by atoms with Crippen molar-refractivity contribution in [2.45, 2.75) is 20.5 Å². The number of carbonyl (C=O) groups is 1. The summed E-state index contributed by atoms with van der Waals surface area (Å²) in [7, 11) is 0. The van der Waals surface area contributed by atoms with Crippen LogP contribution in [0.1, 0.15) is 27.0 Å². The Bertz CT molecular complexity index is 592. The summed E-state index contributed by atoms with van der Waals surface area (Å²) in [4.78, 5) is 16.1. The van der Waals surface area contributed by atoms with Crippen molar-refractivity contribution in [2.24, 2.45) is 0 Å². The van der Waals surface area contributed by atoms with E-state index < -0.39 is 0 Å². The second-order valence-electron chi connectivity index (χ2n) is 4.46. The summed E-state index contributed by atoms with van der Waals surface area (Å²) in [5.74, 6) is 0.285. The molecule has 0 aliphatic carbocycles. The molecule has 0 bridgehead atoms. The first-order chi connectivity index (χ1) is 9.10. The Kier molecular flexibility index (Phi) is 3.92. The third kappa shape index (κ3) is 3.17. The Labute approximate surface area is 112 Å². The van der Waals surface area contributed by atoms with E-state index in [4.69, 9.17) is 5.11 Å². The van der Waals surface area contributed by atoms with Crippen molar-refractivity contribution in [3.05, 3.63) is 58.8 Å². The third-order valence-corrected chi connectivity index (χ3v) is 3.02. The van der Waals surface area contributed by atoms with E-state index in [0.29, 0.717) is 16.9 Å². The van der Waals surface area contributed by atoms with Crippen LogP contribution in [0.2, 0.25) is 0 Å². The summed E-state index contributed by atoms with van der Waals surface area (Å²) in [5, 5.41) is 11.6. The molecular weight excluding hydrogens is 240 g/mol. The van der Waals surface area contributed by atoms with Crippen LogP contribution in [0, 0.1) is 13.8 Å². The average Bonchev–Trinajstić information content (AvgIpc) is 2.42. The van der Waals surface area contributed by atoms with Gasteiger partial charge in [-0.2, -0.15) is 0 Å². The first kappa shape index (κ1) is 13.2. The number of rotatable bonds is 3. The second-order valence-corrected chi connectivity index (χ2v) is 4.46. The van der Waals surface area contributed by atoms with Crippen LogP contribution in [0.5, 0.6) is 0 Å². The van der Waals surface area contributed by atoms with Crippen molar-refractivity contribution in [2.75, 3.05) is 5.32 Å². The lowest BCUT2D eigenvalue weighted by atomic mass is 10.1. The minimum absolute atomic E-state index is 0.0572. The molecule has 0 atom stereocenters. The van der Waals surface area contributed by atoms with E-state index in [1.807, 2.05) is 26.0 Å². The monoisotopic (exact) mass is 256 g/mol. The summed E-state index contributed by atoms with van der Waals surface area (Å²) in [6.45, 7) is 3.92. The highest BCUT2D eigenvalue weighted by molar-refractivity contribution is 6.03. The lowest BCUT2D eigenvalue weighted by molar-refractivity contribution is 0.102. The number of aromatic nitrogens is 1. The predicted octanol–water partition coefficient (Wildman–Crippen LogP) is 2.44. The van der Waals surface area contributed by atoms with E-state index >= 15 is 0 Å². The molecule has 0 unspecified atom stereocenters. The van der Waals surface area contributed by atoms with E-state index in [9.17, 15) is 4.79 Å². The molecule has 4 nitrogen and oxygen atoms in total. The quantitative estimate of drug-likeness (QED) is 0.886. The van der Waals surface area contributed by atoms with Crippen LogP contribution in [0.15, 0.2) is 36.5 Å². The number of benzene rings is 1. The molecule has 1 aromatic heterocycles. The maximum atomic E-state index is 12.0. The summed E-state index contributed by atoms with van der Waals surface area (Å²) in [6, 6.07) is 8.96. The van der Waals surface area contributed by atoms with E-state index in [1.54, 1.807) is 18.2 Å². The Morgan fingerprint density at radius 2 is 2.00 bits per heavy atom. The zero-order chi connectivity index (χ0) is 13.8. The number of nitrogens with zero attached hydrogens (tertiary/aromatic N) is 1. The van der Waals surface area contributed by atoms with Crippen LogP contribution >= 0.6 is 0 Å². The molecule has 98 valence electrons. The number of aryl methyl sites for hydroxylation is 2. The number of carbonyl (C=O) groups excluding carboxylic acids is 1. The lowest BCUT2D eigenvalue weighted by Crippen LogP contribution is -2.13. The van der Waals surface area contributed by atoms with Crippen LogP contribution in [0.25, 0.3) is 0 Å². The number of amides is 1. The molecular formula is C15H16N2O2. The maximum absolute atomic E-state index is 12.0. The molecule has 2 aromatic rings. The van der Waals surface area contributed by atoms with Crippen molar-refractivity contribution in [1.29, 1.82) is 0 Å². The maximum Gasteiger partial charge on any atom is 0.256 e. The SMILES string of the molecule is Cc1ccc(C(=O)Nc2ccc(CO)cn2)cc1C. The predicted molar refractivity (Wildman–Crippen MR) is 74.0 cm³/mol. The highest BCUT2D eigenvalue weighted by Gasteiger charge is 2.07. The topological polar surface area (TPSA) is 62.2 Å². The standard InChI is InChI=1S/C15H16N2O2/c1-10-3-5-13(7-11(10)2)15(19)17-14-6-4-12(9-18)8-16-14/h3-8,18H,9H2,1-2H3,(H,16,17,19). The van der Waals surface area contributed by atoms with Gasteiger partial charge in [-0.15, -0.1) is 0 Å². The number of nitrogens with one attached hydrogen (secondary N) is 1. The first-order valence-corrected chi connectivity index (χ1v) is 6.04. The normalized spacial score (nSPS) is 10.3. The van der Waals surface area contributed by atoms with Crippen molar-refractivity contribution in [3.8, 4) is 0 Å². The molecule has 1 heterocycles. The Morgan fingerprint density at radius 1 is 1.21 bits per heavy atom. The molecule has 0 radical (unpaired) electrons. The molecule has 19 heavy (non-hydrogen) atoms. The molecule has 0 aliphatic rings. The lowest BCUT2D eigenvalue weighted by Gasteiger charge is -2.07. The van der Waals surface area contributed by atoms with E-state index in [1.165, 1.54) is 6.20 Å². The van der Waals surface area contributed by atoms with Gasteiger partial charge in [-0.05, 0) is 48.7 Å². The molecule has 2 N–H and O–H groups in total. The number of anilines is 1. The van der Waals surface area contributed by atoms with Crippen LogP contribution < -0.4 is 5.32 Å². The van der Waals surface area contributed by atoms with Crippen molar-refractivity contribution >= 4 is 11.7 Å². The molecule has 0 fully saturated rings. The fourth-order valence-electron chi connectivity index (χ4n) is 1.66. The van der Waals surface area contributed by atoms with Crippen molar-refractivity contribution < 1.29 is 9.90 Å². The molecule has 1 amide bonds. The van der Waals surface area contributed by atoms with Crippen LogP contribution in [0.3, 0.4) is 0 Å². The van der Waals surface area contributed by atoms with Gasteiger partial charge in [0.2, 0.25) is 0 Å². The fraction of sp³-hybridized carbons (Fsp3) is 0.200. The minimum atomic E-state index is -0.188. The summed E-state index contributed by atoms with van der Waals surface area (Å²) >= 11 is 0. The molecule has 0 aliphatic heterocycles. The average molecular weight is 256 g/mol. The highest BCUT2D eigenvalue weighted by Crippen LogP contribution is 2.12. The smallest absolute Gasteiger partial charge is 0.256 e. The minimum Gasteiger partial charge on any atom is -0.392 e. The molecule has 2 rings (SSSR count). The van der Waals surface area contributed by atoms with E-state index in [2.05, 4.69) is 10.3 Å². The highest BCUT2D eigenvalue weighted by atomic mass is 16.3. The number of hydrogen-bond donors (Lipinski definition) is 2. The third-order valence-electron chi connectivity index (χ3n) is 3.02. The van der Waals surface area contributed by atoms with Crippen molar-refractivity contribution in [3.63, 3.8) is 0 Å².